The van der Waals surface area contributed by atoms with Gasteiger partial charge in [-0.3, -0.25) is 9.59 Å². The lowest BCUT2D eigenvalue weighted by atomic mass is 9.83. The van der Waals surface area contributed by atoms with E-state index in [1.165, 1.54) is 17.2 Å². The van der Waals surface area contributed by atoms with Crippen molar-refractivity contribution in [2.24, 2.45) is 0 Å². The summed E-state index contributed by atoms with van der Waals surface area (Å²) in [6, 6.07) is 7.89. The largest absolute Gasteiger partial charge is 0.612 e. The maximum absolute atomic E-state index is 13.6. The van der Waals surface area contributed by atoms with Crippen molar-refractivity contribution in [1.29, 1.82) is 0 Å². The molecule has 1 atom stereocenters. The molecule has 0 bridgehead atoms. The zero-order valence-corrected chi connectivity index (χ0v) is 16.8. The van der Waals surface area contributed by atoms with Crippen molar-refractivity contribution < 1.29 is 14.5 Å². The summed E-state index contributed by atoms with van der Waals surface area (Å²) in [5.74, 6) is -0.381. The number of aromatic nitrogens is 1. The summed E-state index contributed by atoms with van der Waals surface area (Å²) < 4.78 is 0. The number of amides is 2. The minimum absolute atomic E-state index is 0.0157. The van der Waals surface area contributed by atoms with Gasteiger partial charge in [-0.25, -0.2) is 5.01 Å². The second kappa shape index (κ2) is 6.76. The molecule has 9 heteroatoms. The van der Waals surface area contributed by atoms with E-state index in [1.54, 1.807) is 30.2 Å². The molecule has 9 nitrogen and oxygen atoms in total. The Balaban J connectivity index is 1.47. The molecule has 2 aliphatic heterocycles. The Labute approximate surface area is 177 Å². The highest BCUT2D eigenvalue weighted by molar-refractivity contribution is 6.02. The molecule has 2 aromatic rings. The van der Waals surface area contributed by atoms with E-state index in [2.05, 4.69) is 10.4 Å². The van der Waals surface area contributed by atoms with Crippen molar-refractivity contribution in [3.63, 3.8) is 0 Å². The minimum atomic E-state index is -1.14. The average molecular weight is 418 g/mol. The van der Waals surface area contributed by atoms with E-state index < -0.39 is 10.4 Å². The van der Waals surface area contributed by atoms with Gasteiger partial charge in [-0.05, 0) is 42.7 Å². The number of hydrazine groups is 1. The van der Waals surface area contributed by atoms with Gasteiger partial charge in [0.05, 0.1) is 5.69 Å². The van der Waals surface area contributed by atoms with Crippen LogP contribution < -0.4 is 5.43 Å². The number of rotatable bonds is 2. The van der Waals surface area contributed by atoms with E-state index >= 15 is 0 Å². The SMILES string of the molecule is CC12C(=O)N(NC=C3C=CC(=[N+]([O-])[O-])C=C3)CC(=O)N1CCc1c2[nH]c2ccccc12. The zero-order chi connectivity index (χ0) is 21.8. The molecular weight excluding hydrogens is 398 g/mol. The van der Waals surface area contributed by atoms with Gasteiger partial charge in [0.25, 0.3) is 5.91 Å². The number of H-pyrrole nitrogens is 1. The first-order chi connectivity index (χ1) is 14.9. The molecule has 3 heterocycles. The van der Waals surface area contributed by atoms with Crippen LogP contribution in [-0.2, 0) is 21.5 Å². The first kappa shape index (κ1) is 19.0. The van der Waals surface area contributed by atoms with Crippen LogP contribution in [0.5, 0.6) is 0 Å². The van der Waals surface area contributed by atoms with Gasteiger partial charge >= 0.3 is 0 Å². The Morgan fingerprint density at radius 2 is 1.90 bits per heavy atom. The number of hydrogen-bond acceptors (Lipinski definition) is 5. The van der Waals surface area contributed by atoms with E-state index in [4.69, 9.17) is 0 Å². The van der Waals surface area contributed by atoms with E-state index in [0.717, 1.165) is 22.2 Å². The number of para-hydroxylation sites is 1. The van der Waals surface area contributed by atoms with E-state index in [1.807, 2.05) is 24.3 Å². The molecule has 2 amide bonds. The molecule has 0 spiro atoms. The van der Waals surface area contributed by atoms with Gasteiger partial charge < -0.3 is 25.7 Å². The van der Waals surface area contributed by atoms with Crippen molar-refractivity contribution in [2.45, 2.75) is 18.9 Å². The van der Waals surface area contributed by atoms with Crippen LogP contribution in [0.4, 0.5) is 0 Å². The van der Waals surface area contributed by atoms with Gasteiger partial charge in [-0.2, -0.15) is 4.90 Å². The lowest BCUT2D eigenvalue weighted by molar-refractivity contribution is -0.377. The maximum Gasteiger partial charge on any atom is 0.273 e. The summed E-state index contributed by atoms with van der Waals surface area (Å²) in [5.41, 5.74) is 5.17. The molecule has 3 aliphatic rings. The number of carbonyl (C=O) groups excluding carboxylic acids is 2. The third-order valence-electron chi connectivity index (χ3n) is 6.17. The predicted octanol–water partition coefficient (Wildman–Crippen LogP) is 1.57. The molecule has 0 saturated carbocycles. The molecule has 2 N–H and O–H groups in total. The van der Waals surface area contributed by atoms with Crippen molar-refractivity contribution in [3.05, 3.63) is 82.0 Å². The fourth-order valence-electron chi connectivity index (χ4n) is 4.56. The fraction of sp³-hybridized carbons (Fsp3) is 0.227. The summed E-state index contributed by atoms with van der Waals surface area (Å²) in [6.45, 7) is 2.17. The predicted molar refractivity (Wildman–Crippen MR) is 114 cm³/mol. The molecule has 31 heavy (non-hydrogen) atoms. The van der Waals surface area contributed by atoms with Crippen LogP contribution in [0.1, 0.15) is 18.2 Å². The van der Waals surface area contributed by atoms with Crippen LogP contribution in [0.15, 0.2) is 60.3 Å². The minimum Gasteiger partial charge on any atom is -0.612 e. The standard InChI is InChI=1S/C22H20N5O4/c1-22-20-17(16-4-2-3-5-18(16)24-20)10-11-25(22)19(28)13-26(21(22)29)23-12-14-6-8-15(9-7-14)27(30)31/h2-9,12,23-24H,10-11,13H2,1H3/q-1. The first-order valence-corrected chi connectivity index (χ1v) is 9.96. The Bertz CT molecular complexity index is 1220. The second-order valence-electron chi connectivity index (χ2n) is 7.91. The number of benzene rings is 1. The molecule has 158 valence electrons. The van der Waals surface area contributed by atoms with Gasteiger partial charge in [-0.1, -0.05) is 18.2 Å². The maximum atomic E-state index is 13.6. The van der Waals surface area contributed by atoms with Crippen LogP contribution in [0.2, 0.25) is 0 Å². The van der Waals surface area contributed by atoms with Gasteiger partial charge in [0.15, 0.2) is 5.54 Å². The Kier molecular flexibility index (Phi) is 4.14. The van der Waals surface area contributed by atoms with E-state index in [0.29, 0.717) is 18.5 Å². The summed E-state index contributed by atoms with van der Waals surface area (Å²) in [6.07, 6.45) is 8.17. The molecule has 1 fully saturated rings. The monoisotopic (exact) mass is 418 g/mol. The molecule has 5 rings (SSSR count). The number of allylic oxidation sites excluding steroid dienone is 5. The van der Waals surface area contributed by atoms with Crippen LogP contribution in [-0.4, -0.2) is 50.4 Å². The Hall–Kier alpha value is -4.01. The number of nitrogens with zero attached hydrogens (tertiary/aromatic N) is 3. The number of hydrogen-bond donors (Lipinski definition) is 2. The van der Waals surface area contributed by atoms with Crippen molar-refractivity contribution >= 4 is 28.4 Å². The summed E-state index contributed by atoms with van der Waals surface area (Å²) in [5, 5.41) is 24.0. The third kappa shape index (κ3) is 2.81. The Morgan fingerprint density at radius 3 is 2.65 bits per heavy atom. The quantitative estimate of drug-likeness (QED) is 0.567. The van der Waals surface area contributed by atoms with Crippen molar-refractivity contribution in [2.75, 3.05) is 13.1 Å². The molecule has 0 radical (unpaired) electrons. The van der Waals surface area contributed by atoms with Crippen molar-refractivity contribution in [1.82, 2.24) is 20.3 Å². The molecule has 1 aromatic carbocycles. The van der Waals surface area contributed by atoms with Crippen LogP contribution in [0.3, 0.4) is 0 Å². The number of nitrogens with one attached hydrogen (secondary N) is 2. The van der Waals surface area contributed by atoms with E-state index in [9.17, 15) is 20.0 Å². The zero-order valence-electron chi connectivity index (χ0n) is 16.8. The molecular formula is C22H20N5O4-. The van der Waals surface area contributed by atoms with Gasteiger partial charge in [0, 0.05) is 35.8 Å². The first-order valence-electron chi connectivity index (χ1n) is 9.96. The summed E-state index contributed by atoms with van der Waals surface area (Å²) in [4.78, 5) is 31.1. The highest BCUT2D eigenvalue weighted by Crippen LogP contribution is 2.41. The molecule has 1 unspecified atom stereocenters. The molecule has 1 aliphatic carbocycles. The highest BCUT2D eigenvalue weighted by atomic mass is 16.8. The average Bonchev–Trinajstić information content (AvgIpc) is 3.16. The number of piperazine rings is 1. The lowest BCUT2D eigenvalue weighted by Crippen LogP contribution is -2.68. The van der Waals surface area contributed by atoms with Crippen molar-refractivity contribution in [3.8, 4) is 0 Å². The van der Waals surface area contributed by atoms with Gasteiger partial charge in [0.1, 0.15) is 6.54 Å². The smallest absolute Gasteiger partial charge is 0.273 e. The van der Waals surface area contributed by atoms with Crippen LogP contribution in [0, 0.1) is 10.4 Å². The molecule has 1 saturated heterocycles. The second-order valence-corrected chi connectivity index (χ2v) is 7.91. The normalized spacial score (nSPS) is 22.6. The van der Waals surface area contributed by atoms with Gasteiger partial charge in [-0.15, -0.1) is 0 Å². The topological polar surface area (TPSA) is 118 Å². The number of fused-ring (bicyclic) bond motifs is 5. The lowest BCUT2D eigenvalue weighted by Gasteiger charge is -2.49. The summed E-state index contributed by atoms with van der Waals surface area (Å²) in [7, 11) is 0. The van der Waals surface area contributed by atoms with Gasteiger partial charge in [0.2, 0.25) is 11.6 Å². The van der Waals surface area contributed by atoms with Crippen LogP contribution in [0.25, 0.3) is 10.9 Å². The number of carbonyl (C=O) groups is 2. The summed E-state index contributed by atoms with van der Waals surface area (Å²) >= 11 is 0. The third-order valence-corrected chi connectivity index (χ3v) is 6.17. The van der Waals surface area contributed by atoms with Crippen LogP contribution >= 0.6 is 0 Å². The van der Waals surface area contributed by atoms with E-state index in [-0.39, 0.29) is 24.1 Å². The Morgan fingerprint density at radius 1 is 1.16 bits per heavy atom. The number of aromatic amines is 1. The highest BCUT2D eigenvalue weighted by Gasteiger charge is 2.54. The molecule has 1 aromatic heterocycles. The fourth-order valence-corrected chi connectivity index (χ4v) is 4.56.